The Morgan fingerprint density at radius 3 is 2.39 bits per heavy atom. The van der Waals surface area contributed by atoms with E-state index in [-0.39, 0.29) is 16.8 Å². The second kappa shape index (κ2) is 9.26. The lowest BCUT2D eigenvalue weighted by molar-refractivity contribution is -0.385. The van der Waals surface area contributed by atoms with E-state index in [9.17, 15) is 24.5 Å². The van der Waals surface area contributed by atoms with Gasteiger partial charge in [0.25, 0.3) is 11.6 Å². The van der Waals surface area contributed by atoms with Crippen molar-refractivity contribution < 1.29 is 24.0 Å². The maximum absolute atomic E-state index is 12.6. The van der Waals surface area contributed by atoms with Crippen LogP contribution in [-0.2, 0) is 9.53 Å². The summed E-state index contributed by atoms with van der Waals surface area (Å²) in [4.78, 5) is 47.2. The Balaban J connectivity index is 2.31. The second-order valence-corrected chi connectivity index (χ2v) is 5.75. The summed E-state index contributed by atoms with van der Waals surface area (Å²) < 4.78 is 5.33. The molecule has 2 rings (SSSR count). The van der Waals surface area contributed by atoms with Crippen molar-refractivity contribution in [3.05, 3.63) is 75.3 Å². The number of ether oxygens (including phenoxy) is 1. The lowest BCUT2D eigenvalue weighted by Gasteiger charge is -2.18. The van der Waals surface area contributed by atoms with Crippen molar-refractivity contribution in [2.24, 2.45) is 0 Å². The summed E-state index contributed by atoms with van der Waals surface area (Å²) in [5, 5.41) is 15.6. The molecule has 0 fully saturated rings. The zero-order valence-corrected chi connectivity index (χ0v) is 15.3. The summed E-state index contributed by atoms with van der Waals surface area (Å²) in [6.07, 6.45) is -1.41. The molecule has 0 saturated carbocycles. The number of rotatable bonds is 6. The SMILES string of the molecule is CCNC(=O)NC(=O)[C@@H](OC(=O)c1cccc([N+](=O)[O-])c1C)c1ccccc1. The third-order valence-corrected chi connectivity index (χ3v) is 3.86. The molecule has 2 N–H and O–H groups in total. The van der Waals surface area contributed by atoms with Crippen molar-refractivity contribution in [1.82, 2.24) is 10.6 Å². The van der Waals surface area contributed by atoms with Crippen LogP contribution in [0.4, 0.5) is 10.5 Å². The zero-order valence-electron chi connectivity index (χ0n) is 15.3. The van der Waals surface area contributed by atoms with Crippen molar-refractivity contribution in [2.45, 2.75) is 20.0 Å². The first-order chi connectivity index (χ1) is 13.3. The van der Waals surface area contributed by atoms with E-state index < -0.39 is 28.9 Å². The van der Waals surface area contributed by atoms with Crippen LogP contribution < -0.4 is 10.6 Å². The maximum Gasteiger partial charge on any atom is 0.339 e. The first-order valence-corrected chi connectivity index (χ1v) is 8.43. The van der Waals surface area contributed by atoms with E-state index in [2.05, 4.69) is 10.6 Å². The van der Waals surface area contributed by atoms with Gasteiger partial charge in [0.1, 0.15) is 0 Å². The number of nitrogens with one attached hydrogen (secondary N) is 2. The van der Waals surface area contributed by atoms with Gasteiger partial charge in [0, 0.05) is 23.7 Å². The quantitative estimate of drug-likeness (QED) is 0.447. The van der Waals surface area contributed by atoms with Gasteiger partial charge in [0.15, 0.2) is 0 Å². The normalized spacial score (nSPS) is 11.2. The number of urea groups is 1. The van der Waals surface area contributed by atoms with Crippen LogP contribution in [0.3, 0.4) is 0 Å². The highest BCUT2D eigenvalue weighted by Crippen LogP contribution is 2.25. The molecule has 9 nitrogen and oxygen atoms in total. The molecular weight excluding hydrogens is 366 g/mol. The number of hydrogen-bond acceptors (Lipinski definition) is 6. The van der Waals surface area contributed by atoms with Gasteiger partial charge in [-0.3, -0.25) is 20.2 Å². The number of esters is 1. The highest BCUT2D eigenvalue weighted by atomic mass is 16.6. The minimum absolute atomic E-state index is 0.0408. The molecule has 2 aromatic rings. The van der Waals surface area contributed by atoms with Gasteiger partial charge in [0.2, 0.25) is 6.10 Å². The van der Waals surface area contributed by atoms with Gasteiger partial charge in [-0.25, -0.2) is 9.59 Å². The molecule has 1 atom stereocenters. The Labute approximate surface area is 160 Å². The molecular formula is C19H19N3O6. The van der Waals surface area contributed by atoms with Crippen molar-refractivity contribution in [3.63, 3.8) is 0 Å². The molecule has 0 aliphatic carbocycles. The smallest absolute Gasteiger partial charge is 0.339 e. The van der Waals surface area contributed by atoms with Crippen LogP contribution in [-0.4, -0.2) is 29.4 Å². The van der Waals surface area contributed by atoms with E-state index >= 15 is 0 Å². The molecule has 0 aliphatic heterocycles. The summed E-state index contributed by atoms with van der Waals surface area (Å²) in [7, 11) is 0. The van der Waals surface area contributed by atoms with Crippen LogP contribution in [0.25, 0.3) is 0 Å². The largest absolute Gasteiger partial charge is 0.444 e. The Morgan fingerprint density at radius 2 is 1.79 bits per heavy atom. The molecule has 2 aromatic carbocycles. The first kappa shape index (κ1) is 20.6. The van der Waals surface area contributed by atoms with E-state index in [1.807, 2.05) is 0 Å². The maximum atomic E-state index is 12.6. The first-order valence-electron chi connectivity index (χ1n) is 8.43. The second-order valence-electron chi connectivity index (χ2n) is 5.75. The topological polar surface area (TPSA) is 128 Å². The highest BCUT2D eigenvalue weighted by molar-refractivity contribution is 5.99. The van der Waals surface area contributed by atoms with Gasteiger partial charge in [-0.15, -0.1) is 0 Å². The molecule has 0 aliphatic rings. The van der Waals surface area contributed by atoms with Gasteiger partial charge >= 0.3 is 12.0 Å². The molecule has 0 bridgehead atoms. The van der Waals surface area contributed by atoms with Crippen LogP contribution in [0.2, 0.25) is 0 Å². The Bertz CT molecular complexity index is 898. The third-order valence-electron chi connectivity index (χ3n) is 3.86. The van der Waals surface area contributed by atoms with Crippen molar-refractivity contribution in [1.29, 1.82) is 0 Å². The van der Waals surface area contributed by atoms with Crippen LogP contribution in [0, 0.1) is 17.0 Å². The lowest BCUT2D eigenvalue weighted by Crippen LogP contribution is -2.42. The molecule has 146 valence electrons. The van der Waals surface area contributed by atoms with Crippen molar-refractivity contribution in [2.75, 3.05) is 6.54 Å². The summed E-state index contributed by atoms with van der Waals surface area (Å²) in [6, 6.07) is 11.4. The predicted molar refractivity (Wildman–Crippen MR) is 99.6 cm³/mol. The van der Waals surface area contributed by atoms with Crippen LogP contribution >= 0.6 is 0 Å². The van der Waals surface area contributed by atoms with Gasteiger partial charge in [0.05, 0.1) is 10.5 Å². The molecule has 9 heteroatoms. The van der Waals surface area contributed by atoms with Crippen LogP contribution in [0.1, 0.15) is 34.5 Å². The number of nitro groups is 1. The van der Waals surface area contributed by atoms with E-state index in [0.29, 0.717) is 12.1 Å². The predicted octanol–water partition coefficient (Wildman–Crippen LogP) is 2.65. The fourth-order valence-corrected chi connectivity index (χ4v) is 2.50. The Hall–Kier alpha value is -3.75. The molecule has 0 heterocycles. The average molecular weight is 385 g/mol. The molecule has 0 aromatic heterocycles. The number of nitro benzene ring substituents is 1. The lowest BCUT2D eigenvalue weighted by atomic mass is 10.1. The molecule has 0 unspecified atom stereocenters. The minimum Gasteiger partial charge on any atom is -0.444 e. The Morgan fingerprint density at radius 1 is 1.11 bits per heavy atom. The number of benzene rings is 2. The minimum atomic E-state index is -1.41. The number of hydrogen-bond donors (Lipinski definition) is 2. The van der Waals surface area contributed by atoms with Crippen LogP contribution in [0.15, 0.2) is 48.5 Å². The number of amides is 3. The van der Waals surface area contributed by atoms with E-state index in [4.69, 9.17) is 4.74 Å². The molecule has 3 amide bonds. The molecule has 28 heavy (non-hydrogen) atoms. The summed E-state index contributed by atoms with van der Waals surface area (Å²) >= 11 is 0. The average Bonchev–Trinajstić information content (AvgIpc) is 2.66. The van der Waals surface area contributed by atoms with E-state index in [1.54, 1.807) is 37.3 Å². The molecule has 0 spiro atoms. The Kier molecular flexibility index (Phi) is 6.80. The van der Waals surface area contributed by atoms with E-state index in [1.165, 1.54) is 25.1 Å². The zero-order chi connectivity index (χ0) is 20.7. The summed E-state index contributed by atoms with van der Waals surface area (Å²) in [5.74, 6) is -1.75. The van der Waals surface area contributed by atoms with Crippen LogP contribution in [0.5, 0.6) is 0 Å². The highest BCUT2D eigenvalue weighted by Gasteiger charge is 2.28. The van der Waals surface area contributed by atoms with Crippen molar-refractivity contribution >= 4 is 23.6 Å². The van der Waals surface area contributed by atoms with Gasteiger partial charge < -0.3 is 10.1 Å². The van der Waals surface area contributed by atoms with Gasteiger partial charge in [-0.05, 0) is 19.9 Å². The number of carbonyl (C=O) groups excluding carboxylic acids is 3. The standard InChI is InChI=1S/C19H19N3O6/c1-3-20-19(25)21-17(23)16(13-8-5-4-6-9-13)28-18(24)14-10-7-11-15(12(14)2)22(26)27/h4-11,16H,3H2,1-2H3,(H2,20,21,23,25)/t16-/m0/s1. The fourth-order valence-electron chi connectivity index (χ4n) is 2.50. The third kappa shape index (κ3) is 4.91. The van der Waals surface area contributed by atoms with Gasteiger partial charge in [-0.2, -0.15) is 0 Å². The summed E-state index contributed by atoms with van der Waals surface area (Å²) in [5.41, 5.74) is 0.188. The number of nitrogens with zero attached hydrogens (tertiary/aromatic N) is 1. The monoisotopic (exact) mass is 385 g/mol. The number of carbonyl (C=O) groups is 3. The van der Waals surface area contributed by atoms with E-state index in [0.717, 1.165) is 0 Å². The van der Waals surface area contributed by atoms with Gasteiger partial charge in [-0.1, -0.05) is 36.4 Å². The fraction of sp³-hybridized carbons (Fsp3) is 0.211. The molecule has 0 saturated heterocycles. The number of imide groups is 1. The van der Waals surface area contributed by atoms with Crippen molar-refractivity contribution in [3.8, 4) is 0 Å². The summed E-state index contributed by atoms with van der Waals surface area (Å²) in [6.45, 7) is 3.41. The molecule has 0 radical (unpaired) electrons.